The van der Waals surface area contributed by atoms with Crippen molar-refractivity contribution >= 4 is 5.91 Å². The van der Waals surface area contributed by atoms with Crippen molar-refractivity contribution in [3.63, 3.8) is 0 Å². The lowest BCUT2D eigenvalue weighted by Gasteiger charge is -2.26. The van der Waals surface area contributed by atoms with E-state index in [-0.39, 0.29) is 23.9 Å². The van der Waals surface area contributed by atoms with Crippen LogP contribution < -0.4 is 5.32 Å². The molecule has 1 saturated carbocycles. The predicted octanol–water partition coefficient (Wildman–Crippen LogP) is 3.22. The van der Waals surface area contributed by atoms with Gasteiger partial charge in [0.25, 0.3) is 0 Å². The Hall–Kier alpha value is -1.42. The maximum absolute atomic E-state index is 14.0. The lowest BCUT2D eigenvalue weighted by molar-refractivity contribution is -0.130. The molecule has 1 aromatic rings. The summed E-state index contributed by atoms with van der Waals surface area (Å²) < 4.78 is 14.0. The Morgan fingerprint density at radius 2 is 2.00 bits per heavy atom. The van der Waals surface area contributed by atoms with Crippen LogP contribution in [0.5, 0.6) is 0 Å². The van der Waals surface area contributed by atoms with Gasteiger partial charge in [0, 0.05) is 12.1 Å². The first kappa shape index (κ1) is 14.5. The number of carbonyl (C=O) groups excluding carboxylic acids is 1. The third-order valence-electron chi connectivity index (χ3n) is 4.83. The zero-order chi connectivity index (χ0) is 14.8. The van der Waals surface area contributed by atoms with Gasteiger partial charge in [-0.15, -0.1) is 0 Å². The topological polar surface area (TPSA) is 32.3 Å². The largest absolute Gasteiger partial charge is 0.321 e. The molecule has 2 atom stereocenters. The summed E-state index contributed by atoms with van der Waals surface area (Å²) in [5, 5.41) is 3.22. The van der Waals surface area contributed by atoms with Gasteiger partial charge in [0.05, 0.1) is 6.04 Å². The minimum absolute atomic E-state index is 0.0845. The molecule has 1 amide bonds. The number of benzene rings is 1. The highest BCUT2D eigenvalue weighted by molar-refractivity contribution is 5.84. The highest BCUT2D eigenvalue weighted by Crippen LogP contribution is 2.31. The minimum atomic E-state index is -0.324. The van der Waals surface area contributed by atoms with Crippen molar-refractivity contribution in [2.45, 2.75) is 51.2 Å². The van der Waals surface area contributed by atoms with Gasteiger partial charge in [-0.3, -0.25) is 10.1 Å². The maximum atomic E-state index is 14.0. The monoisotopic (exact) mass is 290 g/mol. The van der Waals surface area contributed by atoms with E-state index in [9.17, 15) is 9.18 Å². The zero-order valence-electron chi connectivity index (χ0n) is 12.5. The highest BCUT2D eigenvalue weighted by atomic mass is 19.1. The van der Waals surface area contributed by atoms with Gasteiger partial charge < -0.3 is 4.90 Å². The van der Waals surface area contributed by atoms with E-state index < -0.39 is 0 Å². The Labute approximate surface area is 125 Å². The number of carbonyl (C=O) groups is 1. The summed E-state index contributed by atoms with van der Waals surface area (Å²) in [6.45, 7) is 2.57. The second-order valence-electron chi connectivity index (χ2n) is 6.28. The van der Waals surface area contributed by atoms with E-state index in [1.807, 2.05) is 17.9 Å². The molecule has 3 nitrogen and oxygen atoms in total. The lowest BCUT2D eigenvalue weighted by Crippen LogP contribution is -2.32. The molecule has 114 valence electrons. The number of amides is 1. The highest BCUT2D eigenvalue weighted by Gasteiger charge is 2.38. The van der Waals surface area contributed by atoms with Gasteiger partial charge in [-0.25, -0.2) is 4.39 Å². The summed E-state index contributed by atoms with van der Waals surface area (Å²) in [5.74, 6) is 0.569. The second-order valence-corrected chi connectivity index (χ2v) is 6.28. The SMILES string of the molecule is CC1NC(c2ccccc2F)N(CCC2CCCC2)C1=O. The molecule has 1 aliphatic carbocycles. The standard InChI is InChI=1S/C17H23FN2O/c1-12-17(21)20(11-10-13-6-2-3-7-13)16(19-12)14-8-4-5-9-15(14)18/h4-5,8-9,12-13,16,19H,2-3,6-7,10-11H2,1H3. The van der Waals surface area contributed by atoms with Crippen LogP contribution in [-0.4, -0.2) is 23.4 Å². The Morgan fingerprint density at radius 3 is 2.71 bits per heavy atom. The van der Waals surface area contributed by atoms with Crippen molar-refractivity contribution < 1.29 is 9.18 Å². The van der Waals surface area contributed by atoms with Crippen LogP contribution in [0, 0.1) is 11.7 Å². The van der Waals surface area contributed by atoms with Crippen molar-refractivity contribution in [2.24, 2.45) is 5.92 Å². The Morgan fingerprint density at radius 1 is 1.29 bits per heavy atom. The molecule has 21 heavy (non-hydrogen) atoms. The van der Waals surface area contributed by atoms with Gasteiger partial charge in [-0.2, -0.15) is 0 Å². The number of nitrogens with zero attached hydrogens (tertiary/aromatic N) is 1. The Bertz CT molecular complexity index is 513. The van der Waals surface area contributed by atoms with Gasteiger partial charge in [-0.1, -0.05) is 43.9 Å². The average Bonchev–Trinajstić information content (AvgIpc) is 3.08. The van der Waals surface area contributed by atoms with Gasteiger partial charge in [0.1, 0.15) is 12.0 Å². The first-order chi connectivity index (χ1) is 10.2. The third kappa shape index (κ3) is 2.95. The number of rotatable bonds is 4. The van der Waals surface area contributed by atoms with Crippen LogP contribution in [0.2, 0.25) is 0 Å². The Kier molecular flexibility index (Phi) is 4.24. The van der Waals surface area contributed by atoms with E-state index in [0.717, 1.165) is 18.9 Å². The van der Waals surface area contributed by atoms with E-state index in [4.69, 9.17) is 0 Å². The first-order valence-electron chi connectivity index (χ1n) is 7.98. The molecule has 3 rings (SSSR count). The first-order valence-corrected chi connectivity index (χ1v) is 7.98. The van der Waals surface area contributed by atoms with Crippen LogP contribution in [0.4, 0.5) is 4.39 Å². The summed E-state index contributed by atoms with van der Waals surface area (Å²) in [6.07, 6.45) is 5.87. The van der Waals surface area contributed by atoms with E-state index in [2.05, 4.69) is 5.32 Å². The molecule has 1 heterocycles. The fourth-order valence-corrected chi connectivity index (χ4v) is 3.59. The molecule has 1 aliphatic heterocycles. The molecule has 2 unspecified atom stereocenters. The normalized spacial score (nSPS) is 26.8. The molecule has 2 fully saturated rings. The van der Waals surface area contributed by atoms with E-state index in [0.29, 0.717) is 5.56 Å². The molecule has 0 bridgehead atoms. The smallest absolute Gasteiger partial charge is 0.241 e. The van der Waals surface area contributed by atoms with Gasteiger partial charge in [0.2, 0.25) is 5.91 Å². The number of halogens is 1. The van der Waals surface area contributed by atoms with Crippen molar-refractivity contribution in [2.75, 3.05) is 6.54 Å². The maximum Gasteiger partial charge on any atom is 0.241 e. The van der Waals surface area contributed by atoms with Crippen LogP contribution >= 0.6 is 0 Å². The third-order valence-corrected chi connectivity index (χ3v) is 4.83. The summed E-state index contributed by atoms with van der Waals surface area (Å²) >= 11 is 0. The summed E-state index contributed by atoms with van der Waals surface area (Å²) in [7, 11) is 0. The van der Waals surface area contributed by atoms with Crippen molar-refractivity contribution in [3.8, 4) is 0 Å². The molecule has 2 aliphatic rings. The van der Waals surface area contributed by atoms with Crippen molar-refractivity contribution in [1.29, 1.82) is 0 Å². The molecular formula is C17H23FN2O. The molecule has 0 spiro atoms. The fourth-order valence-electron chi connectivity index (χ4n) is 3.59. The summed E-state index contributed by atoms with van der Waals surface area (Å²) in [5.41, 5.74) is 0.571. The van der Waals surface area contributed by atoms with Crippen LogP contribution in [0.1, 0.15) is 50.8 Å². The van der Waals surface area contributed by atoms with E-state index >= 15 is 0 Å². The number of hydrogen-bond donors (Lipinski definition) is 1. The van der Waals surface area contributed by atoms with Crippen LogP contribution in [-0.2, 0) is 4.79 Å². The summed E-state index contributed by atoms with van der Waals surface area (Å²) in [4.78, 5) is 14.2. The molecule has 4 heteroatoms. The number of nitrogens with one attached hydrogen (secondary N) is 1. The predicted molar refractivity (Wildman–Crippen MR) is 80.0 cm³/mol. The van der Waals surface area contributed by atoms with Crippen molar-refractivity contribution in [3.05, 3.63) is 35.6 Å². The molecule has 1 aromatic carbocycles. The Balaban J connectivity index is 1.74. The summed E-state index contributed by atoms with van der Waals surface area (Å²) in [6, 6.07) is 6.49. The molecule has 0 aromatic heterocycles. The molecule has 1 N–H and O–H groups in total. The van der Waals surface area contributed by atoms with E-state index in [1.54, 1.807) is 12.1 Å². The lowest BCUT2D eigenvalue weighted by atomic mass is 10.0. The molecule has 0 radical (unpaired) electrons. The molecular weight excluding hydrogens is 267 g/mol. The van der Waals surface area contributed by atoms with Crippen LogP contribution in [0.15, 0.2) is 24.3 Å². The zero-order valence-corrected chi connectivity index (χ0v) is 12.5. The van der Waals surface area contributed by atoms with Crippen LogP contribution in [0.3, 0.4) is 0 Å². The van der Waals surface area contributed by atoms with Gasteiger partial charge in [0.15, 0.2) is 0 Å². The van der Waals surface area contributed by atoms with E-state index in [1.165, 1.54) is 31.7 Å². The fraction of sp³-hybridized carbons (Fsp3) is 0.588. The quantitative estimate of drug-likeness (QED) is 0.923. The van der Waals surface area contributed by atoms with Crippen molar-refractivity contribution in [1.82, 2.24) is 10.2 Å². The minimum Gasteiger partial charge on any atom is -0.321 e. The molecule has 1 saturated heterocycles. The second kappa shape index (κ2) is 6.14. The van der Waals surface area contributed by atoms with Gasteiger partial charge in [-0.05, 0) is 25.3 Å². The van der Waals surface area contributed by atoms with Crippen LogP contribution in [0.25, 0.3) is 0 Å². The van der Waals surface area contributed by atoms with Gasteiger partial charge >= 0.3 is 0 Å². The average molecular weight is 290 g/mol. The number of hydrogen-bond acceptors (Lipinski definition) is 2.